The Labute approximate surface area is 187 Å². The lowest BCUT2D eigenvalue weighted by Crippen LogP contribution is -2.45. The SMILES string of the molecule is O=C(CN1CCCN(CC(=O)N2CCC(Cc3ccccc3)CC2)CC1)N1CCCC1. The lowest BCUT2D eigenvalue weighted by molar-refractivity contribution is -0.134. The lowest BCUT2D eigenvalue weighted by Gasteiger charge is -2.33. The summed E-state index contributed by atoms with van der Waals surface area (Å²) in [6, 6.07) is 10.7. The van der Waals surface area contributed by atoms with Gasteiger partial charge in [-0.05, 0) is 63.1 Å². The van der Waals surface area contributed by atoms with Crippen LogP contribution in [0.3, 0.4) is 0 Å². The van der Waals surface area contributed by atoms with Crippen molar-refractivity contribution in [2.45, 2.75) is 38.5 Å². The number of benzene rings is 1. The molecule has 31 heavy (non-hydrogen) atoms. The van der Waals surface area contributed by atoms with Crippen molar-refractivity contribution < 1.29 is 9.59 Å². The Morgan fingerprint density at radius 1 is 0.677 bits per heavy atom. The van der Waals surface area contributed by atoms with Gasteiger partial charge in [-0.1, -0.05) is 30.3 Å². The molecule has 3 fully saturated rings. The van der Waals surface area contributed by atoms with Gasteiger partial charge in [-0.15, -0.1) is 0 Å². The highest BCUT2D eigenvalue weighted by atomic mass is 16.2. The molecule has 170 valence electrons. The van der Waals surface area contributed by atoms with Gasteiger partial charge < -0.3 is 9.80 Å². The zero-order valence-electron chi connectivity index (χ0n) is 18.9. The Morgan fingerprint density at radius 2 is 1.23 bits per heavy atom. The largest absolute Gasteiger partial charge is 0.342 e. The number of carbonyl (C=O) groups is 2. The van der Waals surface area contributed by atoms with Crippen molar-refractivity contribution in [1.82, 2.24) is 19.6 Å². The zero-order chi connectivity index (χ0) is 21.5. The number of hydrogen-bond acceptors (Lipinski definition) is 4. The molecule has 3 saturated heterocycles. The summed E-state index contributed by atoms with van der Waals surface area (Å²) >= 11 is 0. The Hall–Kier alpha value is -1.92. The molecule has 0 spiro atoms. The standard InChI is InChI=1S/C25H38N4O2/c30-24(28-13-4-5-14-28)20-26-11-6-12-27(18-17-26)21-25(31)29-15-9-23(10-16-29)19-22-7-2-1-3-8-22/h1-3,7-8,23H,4-6,9-21H2. The third-order valence-electron chi connectivity index (χ3n) is 7.19. The summed E-state index contributed by atoms with van der Waals surface area (Å²) in [4.78, 5) is 34.0. The smallest absolute Gasteiger partial charge is 0.236 e. The molecule has 0 radical (unpaired) electrons. The molecule has 1 aromatic rings. The van der Waals surface area contributed by atoms with Crippen LogP contribution < -0.4 is 0 Å². The minimum Gasteiger partial charge on any atom is -0.342 e. The first-order valence-electron chi connectivity index (χ1n) is 12.2. The van der Waals surface area contributed by atoms with E-state index in [1.54, 1.807) is 0 Å². The van der Waals surface area contributed by atoms with Gasteiger partial charge in [0.05, 0.1) is 13.1 Å². The average molecular weight is 427 g/mol. The summed E-state index contributed by atoms with van der Waals surface area (Å²) in [6.07, 6.45) is 6.65. The van der Waals surface area contributed by atoms with Crippen LogP contribution in [0.2, 0.25) is 0 Å². The van der Waals surface area contributed by atoms with Gasteiger partial charge in [0.15, 0.2) is 0 Å². The molecule has 2 amide bonds. The molecule has 3 aliphatic heterocycles. The van der Waals surface area contributed by atoms with Gasteiger partial charge in [0.1, 0.15) is 0 Å². The van der Waals surface area contributed by atoms with Gasteiger partial charge in [-0.25, -0.2) is 0 Å². The van der Waals surface area contributed by atoms with Crippen LogP contribution in [-0.2, 0) is 16.0 Å². The van der Waals surface area contributed by atoms with E-state index in [4.69, 9.17) is 0 Å². The van der Waals surface area contributed by atoms with Gasteiger partial charge >= 0.3 is 0 Å². The summed E-state index contributed by atoms with van der Waals surface area (Å²) in [5.41, 5.74) is 1.41. The number of rotatable bonds is 6. The van der Waals surface area contributed by atoms with Crippen LogP contribution in [0.4, 0.5) is 0 Å². The Kier molecular flexibility index (Phi) is 7.97. The van der Waals surface area contributed by atoms with Gasteiger partial charge in [0.25, 0.3) is 0 Å². The summed E-state index contributed by atoms with van der Waals surface area (Å²) in [5.74, 6) is 1.24. The van der Waals surface area contributed by atoms with Gasteiger partial charge in [-0.3, -0.25) is 19.4 Å². The molecule has 0 aliphatic carbocycles. The minimum atomic E-state index is 0.278. The molecule has 0 atom stereocenters. The summed E-state index contributed by atoms with van der Waals surface area (Å²) in [5, 5.41) is 0. The normalized spacial score (nSPS) is 21.9. The number of amides is 2. The fourth-order valence-electron chi connectivity index (χ4n) is 5.22. The summed E-state index contributed by atoms with van der Waals surface area (Å²) in [6.45, 7) is 8.36. The fourth-order valence-corrected chi connectivity index (χ4v) is 5.22. The molecular weight excluding hydrogens is 388 g/mol. The number of likely N-dealkylation sites (tertiary alicyclic amines) is 2. The van der Waals surface area contributed by atoms with Gasteiger partial charge in [-0.2, -0.15) is 0 Å². The van der Waals surface area contributed by atoms with Crippen LogP contribution in [0.5, 0.6) is 0 Å². The predicted octanol–water partition coefficient (Wildman–Crippen LogP) is 2.10. The second kappa shape index (κ2) is 11.1. The van der Waals surface area contributed by atoms with E-state index in [1.807, 2.05) is 4.90 Å². The van der Waals surface area contributed by atoms with Crippen molar-refractivity contribution in [3.63, 3.8) is 0 Å². The Bertz CT molecular complexity index is 711. The number of piperidine rings is 1. The highest BCUT2D eigenvalue weighted by Gasteiger charge is 2.26. The molecule has 3 heterocycles. The van der Waals surface area contributed by atoms with Crippen LogP contribution in [-0.4, -0.2) is 96.9 Å². The van der Waals surface area contributed by atoms with Crippen molar-refractivity contribution in [3.8, 4) is 0 Å². The first-order chi connectivity index (χ1) is 15.2. The van der Waals surface area contributed by atoms with Gasteiger partial charge in [0.2, 0.25) is 11.8 Å². The average Bonchev–Trinajstić information content (AvgIpc) is 3.25. The number of hydrogen-bond donors (Lipinski definition) is 0. The van der Waals surface area contributed by atoms with E-state index in [1.165, 1.54) is 5.56 Å². The quantitative estimate of drug-likeness (QED) is 0.699. The molecule has 0 bridgehead atoms. The van der Waals surface area contributed by atoms with E-state index >= 15 is 0 Å². The third-order valence-corrected chi connectivity index (χ3v) is 7.19. The maximum absolute atomic E-state index is 12.9. The van der Waals surface area contributed by atoms with E-state index in [0.717, 1.165) is 90.9 Å². The molecule has 0 saturated carbocycles. The van der Waals surface area contributed by atoms with Crippen LogP contribution in [0.1, 0.15) is 37.7 Å². The third kappa shape index (κ3) is 6.53. The highest BCUT2D eigenvalue weighted by Crippen LogP contribution is 2.22. The van der Waals surface area contributed by atoms with Gasteiger partial charge in [0, 0.05) is 39.3 Å². The monoisotopic (exact) mass is 426 g/mol. The van der Waals surface area contributed by atoms with Crippen molar-refractivity contribution >= 4 is 11.8 Å². The molecule has 0 aromatic heterocycles. The molecule has 4 rings (SSSR count). The van der Waals surface area contributed by atoms with E-state index < -0.39 is 0 Å². The van der Waals surface area contributed by atoms with E-state index in [2.05, 4.69) is 45.0 Å². The van der Waals surface area contributed by atoms with E-state index in [0.29, 0.717) is 19.0 Å². The first-order valence-corrected chi connectivity index (χ1v) is 12.2. The fraction of sp³-hybridized carbons (Fsp3) is 0.680. The maximum Gasteiger partial charge on any atom is 0.236 e. The molecule has 3 aliphatic rings. The zero-order valence-corrected chi connectivity index (χ0v) is 18.9. The van der Waals surface area contributed by atoms with E-state index in [-0.39, 0.29) is 11.8 Å². The van der Waals surface area contributed by atoms with Crippen molar-refractivity contribution in [1.29, 1.82) is 0 Å². The first kappa shape index (κ1) is 22.3. The van der Waals surface area contributed by atoms with Crippen LogP contribution in [0, 0.1) is 5.92 Å². The highest BCUT2D eigenvalue weighted by molar-refractivity contribution is 5.79. The van der Waals surface area contributed by atoms with Crippen molar-refractivity contribution in [2.75, 3.05) is 65.4 Å². The molecule has 0 N–H and O–H groups in total. The predicted molar refractivity (Wildman–Crippen MR) is 123 cm³/mol. The number of nitrogens with zero attached hydrogens (tertiary/aromatic N) is 4. The Morgan fingerprint density at radius 3 is 1.81 bits per heavy atom. The molecule has 6 nitrogen and oxygen atoms in total. The topological polar surface area (TPSA) is 47.1 Å². The Balaban J connectivity index is 1.16. The summed E-state index contributed by atoms with van der Waals surface area (Å²) in [7, 11) is 0. The molecule has 0 unspecified atom stereocenters. The summed E-state index contributed by atoms with van der Waals surface area (Å²) < 4.78 is 0. The lowest BCUT2D eigenvalue weighted by atomic mass is 9.90. The van der Waals surface area contributed by atoms with Crippen LogP contribution in [0.15, 0.2) is 30.3 Å². The second-order valence-corrected chi connectivity index (χ2v) is 9.51. The van der Waals surface area contributed by atoms with Crippen molar-refractivity contribution in [3.05, 3.63) is 35.9 Å². The molecular formula is C25H38N4O2. The second-order valence-electron chi connectivity index (χ2n) is 9.51. The van der Waals surface area contributed by atoms with Crippen LogP contribution >= 0.6 is 0 Å². The number of carbonyl (C=O) groups excluding carboxylic acids is 2. The molecule has 1 aromatic carbocycles. The maximum atomic E-state index is 12.9. The van der Waals surface area contributed by atoms with E-state index in [9.17, 15) is 9.59 Å². The molecule has 6 heteroatoms. The van der Waals surface area contributed by atoms with Crippen molar-refractivity contribution in [2.24, 2.45) is 5.92 Å². The minimum absolute atomic E-state index is 0.278. The van der Waals surface area contributed by atoms with Crippen LogP contribution in [0.25, 0.3) is 0 Å².